The van der Waals surface area contributed by atoms with Crippen LogP contribution in [0.15, 0.2) is 24.3 Å². The Labute approximate surface area is 118 Å². The fourth-order valence-corrected chi connectivity index (χ4v) is 2.51. The summed E-state index contributed by atoms with van der Waals surface area (Å²) in [4.78, 5) is 13.9. The SMILES string of the molecule is O=C(CN1CCCC(CO)C1)NCc1ccc(F)cc1. The predicted molar refractivity (Wildman–Crippen MR) is 74.5 cm³/mol. The molecule has 110 valence electrons. The van der Waals surface area contributed by atoms with E-state index in [0.717, 1.165) is 31.5 Å². The minimum atomic E-state index is -0.275. The zero-order valence-electron chi connectivity index (χ0n) is 11.5. The molecule has 1 aliphatic heterocycles. The molecule has 0 aromatic heterocycles. The van der Waals surface area contributed by atoms with Gasteiger partial charge in [0.05, 0.1) is 6.54 Å². The summed E-state index contributed by atoms with van der Waals surface area (Å²) in [7, 11) is 0. The average Bonchev–Trinajstić information content (AvgIpc) is 2.47. The molecular formula is C15H21FN2O2. The molecule has 4 nitrogen and oxygen atoms in total. The van der Waals surface area contributed by atoms with Gasteiger partial charge in [-0.3, -0.25) is 9.69 Å². The molecule has 5 heteroatoms. The lowest BCUT2D eigenvalue weighted by Gasteiger charge is -2.31. The van der Waals surface area contributed by atoms with Crippen LogP contribution >= 0.6 is 0 Å². The van der Waals surface area contributed by atoms with Crippen molar-refractivity contribution in [1.29, 1.82) is 0 Å². The van der Waals surface area contributed by atoms with Gasteiger partial charge < -0.3 is 10.4 Å². The van der Waals surface area contributed by atoms with Crippen LogP contribution in [-0.2, 0) is 11.3 Å². The molecule has 2 N–H and O–H groups in total. The summed E-state index contributed by atoms with van der Waals surface area (Å²) in [6.07, 6.45) is 2.06. The van der Waals surface area contributed by atoms with E-state index in [4.69, 9.17) is 5.11 Å². The smallest absolute Gasteiger partial charge is 0.234 e. The van der Waals surface area contributed by atoms with Gasteiger partial charge in [0.25, 0.3) is 0 Å². The molecule has 1 fully saturated rings. The highest BCUT2D eigenvalue weighted by atomic mass is 19.1. The first-order chi connectivity index (χ1) is 9.67. The highest BCUT2D eigenvalue weighted by molar-refractivity contribution is 5.78. The van der Waals surface area contributed by atoms with E-state index < -0.39 is 0 Å². The number of nitrogens with one attached hydrogen (secondary N) is 1. The van der Waals surface area contributed by atoms with Gasteiger partial charge in [-0.2, -0.15) is 0 Å². The van der Waals surface area contributed by atoms with E-state index in [1.807, 2.05) is 0 Å². The highest BCUT2D eigenvalue weighted by Gasteiger charge is 2.20. The number of rotatable bonds is 5. The van der Waals surface area contributed by atoms with Gasteiger partial charge in [-0.1, -0.05) is 12.1 Å². The standard InChI is InChI=1S/C15H21FN2O2/c16-14-5-3-12(4-6-14)8-17-15(20)10-18-7-1-2-13(9-18)11-19/h3-6,13,19H,1-2,7-11H2,(H,17,20). The van der Waals surface area contributed by atoms with Gasteiger partial charge in [0.15, 0.2) is 0 Å². The zero-order valence-corrected chi connectivity index (χ0v) is 11.5. The van der Waals surface area contributed by atoms with E-state index in [1.165, 1.54) is 12.1 Å². The van der Waals surface area contributed by atoms with Crippen molar-refractivity contribution in [2.24, 2.45) is 5.92 Å². The first kappa shape index (κ1) is 14.9. The van der Waals surface area contributed by atoms with E-state index in [1.54, 1.807) is 12.1 Å². The van der Waals surface area contributed by atoms with E-state index in [9.17, 15) is 9.18 Å². The van der Waals surface area contributed by atoms with Crippen LogP contribution in [0.25, 0.3) is 0 Å². The summed E-state index contributed by atoms with van der Waals surface area (Å²) >= 11 is 0. The second-order valence-electron chi connectivity index (χ2n) is 5.33. The third-order valence-corrected chi connectivity index (χ3v) is 3.63. The van der Waals surface area contributed by atoms with Crippen molar-refractivity contribution in [2.45, 2.75) is 19.4 Å². The normalized spacial score (nSPS) is 19.8. The van der Waals surface area contributed by atoms with Crippen molar-refractivity contribution in [1.82, 2.24) is 10.2 Å². The third kappa shape index (κ3) is 4.58. The molecule has 1 unspecified atom stereocenters. The quantitative estimate of drug-likeness (QED) is 0.850. The maximum Gasteiger partial charge on any atom is 0.234 e. The maximum atomic E-state index is 12.8. The van der Waals surface area contributed by atoms with Crippen molar-refractivity contribution in [3.63, 3.8) is 0 Å². The molecule has 0 saturated carbocycles. The zero-order chi connectivity index (χ0) is 14.4. The molecule has 1 saturated heterocycles. The summed E-state index contributed by atoms with van der Waals surface area (Å²) in [5, 5.41) is 12.0. The number of aliphatic hydroxyl groups is 1. The van der Waals surface area contributed by atoms with Gasteiger partial charge in [0.2, 0.25) is 5.91 Å². The molecule has 1 amide bonds. The molecule has 1 atom stereocenters. The summed E-state index contributed by atoms with van der Waals surface area (Å²) in [6, 6.07) is 6.10. The number of carbonyl (C=O) groups excluding carboxylic acids is 1. The van der Waals surface area contributed by atoms with Crippen LogP contribution in [-0.4, -0.2) is 42.2 Å². The van der Waals surface area contributed by atoms with Crippen LogP contribution in [0, 0.1) is 11.7 Å². The average molecular weight is 280 g/mol. The van der Waals surface area contributed by atoms with Crippen molar-refractivity contribution in [3.8, 4) is 0 Å². The summed E-state index contributed by atoms with van der Waals surface area (Å²) in [5.74, 6) is -0.0231. The molecule has 0 radical (unpaired) electrons. The van der Waals surface area contributed by atoms with E-state index in [2.05, 4.69) is 10.2 Å². The minimum absolute atomic E-state index is 0.0343. The Hall–Kier alpha value is -1.46. The van der Waals surface area contributed by atoms with Crippen LogP contribution in [0.2, 0.25) is 0 Å². The molecule has 2 rings (SSSR count). The summed E-state index contributed by atoms with van der Waals surface area (Å²) in [5.41, 5.74) is 0.881. The van der Waals surface area contributed by atoms with Gasteiger partial charge >= 0.3 is 0 Å². The fourth-order valence-electron chi connectivity index (χ4n) is 2.51. The molecule has 1 heterocycles. The Bertz CT molecular complexity index is 436. The lowest BCUT2D eigenvalue weighted by Crippen LogP contribution is -2.43. The molecular weight excluding hydrogens is 259 g/mol. The van der Waals surface area contributed by atoms with Crippen LogP contribution in [0.4, 0.5) is 4.39 Å². The third-order valence-electron chi connectivity index (χ3n) is 3.63. The number of halogens is 1. The molecule has 1 aromatic carbocycles. The highest BCUT2D eigenvalue weighted by Crippen LogP contribution is 2.15. The molecule has 20 heavy (non-hydrogen) atoms. The number of benzene rings is 1. The molecule has 0 bridgehead atoms. The van der Waals surface area contributed by atoms with Gasteiger partial charge in [-0.05, 0) is 43.0 Å². The maximum absolute atomic E-state index is 12.8. The number of hydrogen-bond acceptors (Lipinski definition) is 3. The summed E-state index contributed by atoms with van der Waals surface area (Å²) in [6.45, 7) is 2.64. The second-order valence-corrected chi connectivity index (χ2v) is 5.33. The fraction of sp³-hybridized carbons (Fsp3) is 0.533. The summed E-state index contributed by atoms with van der Waals surface area (Å²) < 4.78 is 12.8. The van der Waals surface area contributed by atoms with Crippen molar-refractivity contribution in [2.75, 3.05) is 26.2 Å². The lowest BCUT2D eigenvalue weighted by atomic mass is 9.99. The topological polar surface area (TPSA) is 52.6 Å². The number of likely N-dealkylation sites (tertiary alicyclic amines) is 1. The molecule has 1 aromatic rings. The monoisotopic (exact) mass is 280 g/mol. The first-order valence-corrected chi connectivity index (χ1v) is 7.01. The number of piperidine rings is 1. The Kier molecular flexibility index (Phi) is 5.49. The minimum Gasteiger partial charge on any atom is -0.396 e. The predicted octanol–water partition coefficient (Wildman–Crippen LogP) is 1.15. The Morgan fingerprint density at radius 3 is 2.85 bits per heavy atom. The Balaban J connectivity index is 1.73. The molecule has 1 aliphatic rings. The Morgan fingerprint density at radius 1 is 1.40 bits per heavy atom. The van der Waals surface area contributed by atoms with Crippen LogP contribution in [0.3, 0.4) is 0 Å². The number of aliphatic hydroxyl groups excluding tert-OH is 1. The Morgan fingerprint density at radius 2 is 2.15 bits per heavy atom. The van der Waals surface area contributed by atoms with Crippen molar-refractivity contribution in [3.05, 3.63) is 35.6 Å². The van der Waals surface area contributed by atoms with E-state index >= 15 is 0 Å². The van der Waals surface area contributed by atoms with Gasteiger partial charge in [-0.25, -0.2) is 4.39 Å². The van der Waals surface area contributed by atoms with Crippen LogP contribution in [0.1, 0.15) is 18.4 Å². The number of nitrogens with zero attached hydrogens (tertiary/aromatic N) is 1. The largest absolute Gasteiger partial charge is 0.396 e. The van der Waals surface area contributed by atoms with E-state index in [-0.39, 0.29) is 24.2 Å². The molecule has 0 spiro atoms. The number of amides is 1. The van der Waals surface area contributed by atoms with Gasteiger partial charge in [0.1, 0.15) is 5.82 Å². The van der Waals surface area contributed by atoms with Gasteiger partial charge in [0, 0.05) is 19.7 Å². The van der Waals surface area contributed by atoms with Crippen molar-refractivity contribution >= 4 is 5.91 Å². The molecule has 0 aliphatic carbocycles. The lowest BCUT2D eigenvalue weighted by molar-refractivity contribution is -0.122. The van der Waals surface area contributed by atoms with Crippen LogP contribution < -0.4 is 5.32 Å². The van der Waals surface area contributed by atoms with Crippen molar-refractivity contribution < 1.29 is 14.3 Å². The first-order valence-electron chi connectivity index (χ1n) is 7.01. The second kappa shape index (κ2) is 7.36. The number of carbonyl (C=O) groups is 1. The number of hydrogen-bond donors (Lipinski definition) is 2. The van der Waals surface area contributed by atoms with E-state index in [0.29, 0.717) is 13.1 Å². The van der Waals surface area contributed by atoms with Gasteiger partial charge in [-0.15, -0.1) is 0 Å². The van der Waals surface area contributed by atoms with Crippen LogP contribution in [0.5, 0.6) is 0 Å².